The first-order chi connectivity index (χ1) is 11.4. The van der Waals surface area contributed by atoms with Crippen molar-refractivity contribution in [3.63, 3.8) is 0 Å². The van der Waals surface area contributed by atoms with Gasteiger partial charge < -0.3 is 16.6 Å². The van der Waals surface area contributed by atoms with E-state index in [1.165, 1.54) is 0 Å². The van der Waals surface area contributed by atoms with Gasteiger partial charge in [0.05, 0.1) is 17.9 Å². The Bertz CT molecular complexity index is 979. The van der Waals surface area contributed by atoms with Crippen molar-refractivity contribution in [1.82, 2.24) is 9.55 Å². The molecule has 3 rings (SSSR count). The van der Waals surface area contributed by atoms with Gasteiger partial charge in [0.2, 0.25) is 0 Å². The van der Waals surface area contributed by atoms with Crippen LogP contribution in [-0.4, -0.2) is 20.6 Å². The fourth-order valence-corrected chi connectivity index (χ4v) is 3.49. The van der Waals surface area contributed by atoms with Crippen molar-refractivity contribution in [3.05, 3.63) is 50.2 Å². The van der Waals surface area contributed by atoms with Crippen LogP contribution in [0.1, 0.15) is 27.0 Å². The zero-order valence-corrected chi connectivity index (χ0v) is 15.5. The number of hydrogen-bond donors (Lipinski definition) is 3. The van der Waals surface area contributed by atoms with Gasteiger partial charge in [-0.3, -0.25) is 9.36 Å². The molecule has 0 saturated heterocycles. The molecule has 0 radical (unpaired) electrons. The molecule has 0 aliphatic carbocycles. The number of nitrogen functional groups attached to an aromatic ring is 1. The molecule has 7 heteroatoms. The van der Waals surface area contributed by atoms with Crippen molar-refractivity contribution in [1.29, 1.82) is 0 Å². The number of primary amides is 1. The monoisotopic (exact) mass is 436 g/mol. The average molecular weight is 436 g/mol. The molecule has 0 saturated carbocycles. The third-order valence-electron chi connectivity index (χ3n) is 4.20. The molecule has 1 amide bonds. The number of aryl methyl sites for hydroxylation is 1. The van der Waals surface area contributed by atoms with Gasteiger partial charge in [-0.05, 0) is 59.2 Å². The van der Waals surface area contributed by atoms with Crippen molar-refractivity contribution in [2.24, 2.45) is 5.73 Å². The van der Waals surface area contributed by atoms with E-state index in [1.807, 2.05) is 32.0 Å². The van der Waals surface area contributed by atoms with E-state index in [2.05, 4.69) is 27.6 Å². The number of aliphatic hydroxyl groups excluding tert-OH is 1. The number of benzene rings is 1. The summed E-state index contributed by atoms with van der Waals surface area (Å²) in [6.45, 7) is 3.79. The molecule has 0 aliphatic heterocycles. The van der Waals surface area contributed by atoms with E-state index in [0.717, 1.165) is 25.9 Å². The number of amides is 1. The van der Waals surface area contributed by atoms with E-state index >= 15 is 0 Å². The van der Waals surface area contributed by atoms with Gasteiger partial charge in [-0.25, -0.2) is 4.98 Å². The van der Waals surface area contributed by atoms with Crippen LogP contribution in [0.2, 0.25) is 0 Å². The third kappa shape index (κ3) is 2.44. The van der Waals surface area contributed by atoms with Gasteiger partial charge in [-0.1, -0.05) is 12.1 Å². The lowest BCUT2D eigenvalue weighted by Gasteiger charge is -2.16. The molecule has 1 aromatic carbocycles. The Hall–Kier alpha value is -2.13. The van der Waals surface area contributed by atoms with E-state index in [1.54, 1.807) is 10.8 Å². The van der Waals surface area contributed by atoms with Crippen LogP contribution >= 0.6 is 22.6 Å². The number of carbonyl (C=O) groups is 1. The second-order valence-corrected chi connectivity index (χ2v) is 6.90. The number of aliphatic hydroxyl groups is 1. The molecule has 5 N–H and O–H groups in total. The summed E-state index contributed by atoms with van der Waals surface area (Å²) in [6, 6.07) is 5.63. The largest absolute Gasteiger partial charge is 0.392 e. The first kappa shape index (κ1) is 16.7. The maximum atomic E-state index is 11.9. The number of halogens is 1. The number of nitrogens with two attached hydrogens (primary N) is 2. The average Bonchev–Trinajstić information content (AvgIpc) is 2.79. The highest BCUT2D eigenvalue weighted by atomic mass is 127. The molecule has 0 bridgehead atoms. The summed E-state index contributed by atoms with van der Waals surface area (Å²) in [5.74, 6) is -0.332. The van der Waals surface area contributed by atoms with Crippen LogP contribution in [-0.2, 0) is 6.61 Å². The predicted molar refractivity (Wildman–Crippen MR) is 102 cm³/mol. The van der Waals surface area contributed by atoms with Crippen LogP contribution in [0.25, 0.3) is 16.7 Å². The van der Waals surface area contributed by atoms with Crippen molar-refractivity contribution < 1.29 is 9.90 Å². The highest BCUT2D eigenvalue weighted by Gasteiger charge is 2.23. The van der Waals surface area contributed by atoms with E-state index in [9.17, 15) is 9.90 Å². The highest BCUT2D eigenvalue weighted by Crippen LogP contribution is 2.34. The van der Waals surface area contributed by atoms with Crippen molar-refractivity contribution in [2.75, 3.05) is 5.73 Å². The Morgan fingerprint density at radius 2 is 2.08 bits per heavy atom. The molecule has 2 heterocycles. The Morgan fingerprint density at radius 3 is 2.71 bits per heavy atom. The fourth-order valence-electron chi connectivity index (χ4n) is 3.04. The van der Waals surface area contributed by atoms with Crippen molar-refractivity contribution in [2.45, 2.75) is 20.5 Å². The number of anilines is 1. The fraction of sp³-hybridized carbons (Fsp3) is 0.176. The smallest absolute Gasteiger partial charge is 0.253 e. The summed E-state index contributed by atoms with van der Waals surface area (Å²) in [4.78, 5) is 16.4. The lowest BCUT2D eigenvalue weighted by atomic mass is 10.0. The van der Waals surface area contributed by atoms with Crippen LogP contribution in [0.4, 0.5) is 5.82 Å². The molecule has 124 valence electrons. The number of aromatic nitrogens is 2. The zero-order valence-electron chi connectivity index (χ0n) is 13.3. The molecule has 0 fully saturated rings. The predicted octanol–water partition coefficient (Wildman–Crippen LogP) is 2.42. The van der Waals surface area contributed by atoms with Gasteiger partial charge in [0.15, 0.2) is 0 Å². The highest BCUT2D eigenvalue weighted by molar-refractivity contribution is 14.1. The molecule has 6 nitrogen and oxygen atoms in total. The Labute approximate surface area is 152 Å². The molecule has 3 aromatic rings. The Balaban J connectivity index is 2.49. The van der Waals surface area contributed by atoms with Gasteiger partial charge >= 0.3 is 0 Å². The topological polar surface area (TPSA) is 107 Å². The second kappa shape index (κ2) is 6.06. The van der Waals surface area contributed by atoms with Crippen molar-refractivity contribution in [3.8, 4) is 5.69 Å². The molecule has 0 spiro atoms. The van der Waals surface area contributed by atoms with Crippen LogP contribution in [0.3, 0.4) is 0 Å². The minimum absolute atomic E-state index is 0.0772. The standard InChI is InChI=1S/C17H17IN4O2/c1-8-3-4-10(7-23)9(2)14(8)22-15(19)13(16(20)24)12-5-11(18)6-21-17(12)22/h3-6,23H,7,19H2,1-2H3,(H2,20,24). The minimum Gasteiger partial charge on any atom is -0.392 e. The van der Waals surface area contributed by atoms with Gasteiger partial charge in [0.25, 0.3) is 5.91 Å². The molecule has 0 unspecified atom stereocenters. The number of carbonyl (C=O) groups excluding carboxylic acids is 1. The minimum atomic E-state index is -0.589. The van der Waals surface area contributed by atoms with Gasteiger partial charge in [0.1, 0.15) is 11.5 Å². The number of fused-ring (bicyclic) bond motifs is 1. The Morgan fingerprint density at radius 1 is 1.38 bits per heavy atom. The first-order valence-electron chi connectivity index (χ1n) is 7.32. The third-order valence-corrected chi connectivity index (χ3v) is 4.79. The zero-order chi connectivity index (χ0) is 17.6. The van der Waals surface area contributed by atoms with Gasteiger partial charge in [-0.15, -0.1) is 0 Å². The maximum Gasteiger partial charge on any atom is 0.253 e. The molecule has 0 atom stereocenters. The lowest BCUT2D eigenvalue weighted by molar-refractivity contribution is 0.100. The van der Waals surface area contributed by atoms with Gasteiger partial charge in [0, 0.05) is 15.2 Å². The van der Waals surface area contributed by atoms with E-state index in [-0.39, 0.29) is 18.0 Å². The molecular formula is C17H17IN4O2. The number of rotatable bonds is 3. The number of hydrogen-bond acceptors (Lipinski definition) is 4. The first-order valence-corrected chi connectivity index (χ1v) is 8.40. The second-order valence-electron chi connectivity index (χ2n) is 5.66. The summed E-state index contributed by atoms with van der Waals surface area (Å²) < 4.78 is 2.63. The number of pyridine rings is 1. The molecule has 2 aromatic heterocycles. The summed E-state index contributed by atoms with van der Waals surface area (Å²) in [6.07, 6.45) is 1.71. The Kier molecular flexibility index (Phi) is 4.22. The normalized spacial score (nSPS) is 11.2. The molecule has 24 heavy (non-hydrogen) atoms. The van der Waals surface area contributed by atoms with Crippen LogP contribution in [0, 0.1) is 17.4 Å². The summed E-state index contributed by atoms with van der Waals surface area (Å²) in [5.41, 5.74) is 16.1. The SMILES string of the molecule is Cc1ccc(CO)c(C)c1-n1c(N)c(C(N)=O)c2cc(I)cnc21. The van der Waals surface area contributed by atoms with Crippen LogP contribution in [0.15, 0.2) is 24.4 Å². The summed E-state index contributed by atoms with van der Waals surface area (Å²) in [7, 11) is 0. The summed E-state index contributed by atoms with van der Waals surface area (Å²) in [5, 5.41) is 10.2. The van der Waals surface area contributed by atoms with Crippen LogP contribution < -0.4 is 11.5 Å². The lowest BCUT2D eigenvalue weighted by Crippen LogP contribution is -2.14. The van der Waals surface area contributed by atoms with E-state index in [4.69, 9.17) is 11.5 Å². The summed E-state index contributed by atoms with van der Waals surface area (Å²) >= 11 is 2.13. The van der Waals surface area contributed by atoms with Gasteiger partial charge in [-0.2, -0.15) is 0 Å². The van der Waals surface area contributed by atoms with Crippen LogP contribution in [0.5, 0.6) is 0 Å². The molecular weight excluding hydrogens is 419 g/mol. The number of nitrogens with zero attached hydrogens (tertiary/aromatic N) is 2. The maximum absolute atomic E-state index is 11.9. The molecule has 0 aliphatic rings. The van der Waals surface area contributed by atoms with Crippen molar-refractivity contribution >= 4 is 45.3 Å². The quantitative estimate of drug-likeness (QED) is 0.549. The van der Waals surface area contributed by atoms with E-state index in [0.29, 0.717) is 11.0 Å². The van der Waals surface area contributed by atoms with E-state index < -0.39 is 5.91 Å².